The van der Waals surface area contributed by atoms with Gasteiger partial charge in [0.2, 0.25) is 5.91 Å². The van der Waals surface area contributed by atoms with Crippen molar-refractivity contribution in [1.82, 2.24) is 4.90 Å². The van der Waals surface area contributed by atoms with Gasteiger partial charge in [0.25, 0.3) is 0 Å². The lowest BCUT2D eigenvalue weighted by molar-refractivity contribution is -0.132. The van der Waals surface area contributed by atoms with E-state index in [-0.39, 0.29) is 11.8 Å². The first-order valence-corrected chi connectivity index (χ1v) is 6.39. The maximum Gasteiger partial charge on any atom is 0.231 e. The van der Waals surface area contributed by atoms with Crippen molar-refractivity contribution in [3.63, 3.8) is 0 Å². The number of carbonyl (C=O) groups is 1. The molecule has 0 aliphatic carbocycles. The highest BCUT2D eigenvalue weighted by molar-refractivity contribution is 5.88. The van der Waals surface area contributed by atoms with Crippen molar-refractivity contribution < 1.29 is 4.79 Å². The molecule has 0 bridgehead atoms. The maximum absolute atomic E-state index is 12.4. The Morgan fingerprint density at radius 3 is 2.88 bits per heavy atom. The number of anilines is 1. The maximum atomic E-state index is 12.4. The zero-order valence-electron chi connectivity index (χ0n) is 10.6. The first-order valence-electron chi connectivity index (χ1n) is 6.39. The fourth-order valence-corrected chi connectivity index (χ4v) is 2.42. The quantitative estimate of drug-likeness (QED) is 0.865. The summed E-state index contributed by atoms with van der Waals surface area (Å²) in [6, 6.07) is 8.10. The molecule has 0 saturated heterocycles. The van der Waals surface area contributed by atoms with Gasteiger partial charge in [0, 0.05) is 25.3 Å². The zero-order chi connectivity index (χ0) is 12.3. The van der Waals surface area contributed by atoms with E-state index < -0.39 is 0 Å². The summed E-state index contributed by atoms with van der Waals surface area (Å²) >= 11 is 0. The number of rotatable bonds is 4. The molecule has 1 aliphatic heterocycles. The van der Waals surface area contributed by atoms with Gasteiger partial charge in [-0.15, -0.1) is 0 Å². The third-order valence-electron chi connectivity index (χ3n) is 3.32. The molecular weight excluding hydrogens is 212 g/mol. The van der Waals surface area contributed by atoms with Crippen molar-refractivity contribution in [3.8, 4) is 0 Å². The van der Waals surface area contributed by atoms with Crippen molar-refractivity contribution in [1.29, 1.82) is 0 Å². The second-order valence-electron chi connectivity index (χ2n) is 4.44. The topological polar surface area (TPSA) is 32.3 Å². The van der Waals surface area contributed by atoms with Crippen LogP contribution in [0.25, 0.3) is 0 Å². The van der Waals surface area contributed by atoms with Gasteiger partial charge in [-0.25, -0.2) is 0 Å². The van der Waals surface area contributed by atoms with Crippen LogP contribution in [-0.4, -0.2) is 30.4 Å². The molecule has 2 rings (SSSR count). The van der Waals surface area contributed by atoms with Crippen molar-refractivity contribution in [2.75, 3.05) is 25.0 Å². The van der Waals surface area contributed by atoms with E-state index in [0.29, 0.717) is 0 Å². The lowest BCUT2D eigenvalue weighted by Gasteiger charge is -2.23. The van der Waals surface area contributed by atoms with Gasteiger partial charge < -0.3 is 10.2 Å². The Kier molecular flexibility index (Phi) is 3.67. The second-order valence-corrected chi connectivity index (χ2v) is 4.44. The summed E-state index contributed by atoms with van der Waals surface area (Å²) in [5.74, 6) is 0.254. The molecule has 1 heterocycles. The van der Waals surface area contributed by atoms with Crippen LogP contribution in [0.1, 0.15) is 31.7 Å². The van der Waals surface area contributed by atoms with E-state index in [1.165, 1.54) is 0 Å². The summed E-state index contributed by atoms with van der Waals surface area (Å²) in [4.78, 5) is 14.4. The SMILES string of the molecule is CCCN(CC)C(=O)C1CNc2ccccc21. The van der Waals surface area contributed by atoms with Gasteiger partial charge >= 0.3 is 0 Å². The molecule has 0 fully saturated rings. The van der Waals surface area contributed by atoms with Crippen molar-refractivity contribution >= 4 is 11.6 Å². The van der Waals surface area contributed by atoms with Crippen molar-refractivity contribution in [3.05, 3.63) is 29.8 Å². The number of hydrogen-bond donors (Lipinski definition) is 1. The van der Waals surface area contributed by atoms with E-state index in [0.717, 1.165) is 37.3 Å². The number of fused-ring (bicyclic) bond motifs is 1. The third-order valence-corrected chi connectivity index (χ3v) is 3.32. The minimum atomic E-state index is -0.00213. The highest BCUT2D eigenvalue weighted by Gasteiger charge is 2.30. The summed E-state index contributed by atoms with van der Waals surface area (Å²) < 4.78 is 0. The van der Waals surface area contributed by atoms with Crippen LogP contribution in [0.2, 0.25) is 0 Å². The second kappa shape index (κ2) is 5.21. The molecule has 3 nitrogen and oxygen atoms in total. The number of likely N-dealkylation sites (N-methyl/N-ethyl adjacent to an activating group) is 1. The van der Waals surface area contributed by atoms with Gasteiger partial charge in [0.15, 0.2) is 0 Å². The van der Waals surface area contributed by atoms with Gasteiger partial charge in [0.1, 0.15) is 0 Å². The molecule has 0 aromatic heterocycles. The lowest BCUT2D eigenvalue weighted by atomic mass is 10.00. The molecule has 1 unspecified atom stereocenters. The van der Waals surface area contributed by atoms with E-state index in [1.54, 1.807) is 0 Å². The van der Waals surface area contributed by atoms with Crippen LogP contribution in [0.3, 0.4) is 0 Å². The highest BCUT2D eigenvalue weighted by Crippen LogP contribution is 2.32. The smallest absolute Gasteiger partial charge is 0.231 e. The predicted octanol–water partition coefficient (Wildman–Crippen LogP) is 2.45. The number of hydrogen-bond acceptors (Lipinski definition) is 2. The Labute approximate surface area is 103 Å². The molecule has 17 heavy (non-hydrogen) atoms. The van der Waals surface area contributed by atoms with E-state index in [4.69, 9.17) is 0 Å². The number of nitrogens with one attached hydrogen (secondary N) is 1. The summed E-state index contributed by atoms with van der Waals surface area (Å²) in [5.41, 5.74) is 2.26. The molecular formula is C14H20N2O. The monoisotopic (exact) mass is 232 g/mol. The van der Waals surface area contributed by atoms with Crippen LogP contribution in [0.4, 0.5) is 5.69 Å². The van der Waals surface area contributed by atoms with Gasteiger partial charge in [-0.05, 0) is 25.0 Å². The molecule has 92 valence electrons. The zero-order valence-corrected chi connectivity index (χ0v) is 10.6. The largest absolute Gasteiger partial charge is 0.384 e. The first-order chi connectivity index (χ1) is 8.27. The predicted molar refractivity (Wildman–Crippen MR) is 70.2 cm³/mol. The van der Waals surface area contributed by atoms with E-state index in [1.807, 2.05) is 30.0 Å². The normalized spacial score (nSPS) is 17.4. The van der Waals surface area contributed by atoms with Crippen LogP contribution < -0.4 is 5.32 Å². The minimum Gasteiger partial charge on any atom is -0.384 e. The molecule has 0 spiro atoms. The van der Waals surface area contributed by atoms with Gasteiger partial charge in [-0.2, -0.15) is 0 Å². The Balaban J connectivity index is 2.16. The van der Waals surface area contributed by atoms with Gasteiger partial charge in [-0.3, -0.25) is 4.79 Å². The average Bonchev–Trinajstić information content (AvgIpc) is 2.79. The van der Waals surface area contributed by atoms with Crippen LogP contribution in [0.5, 0.6) is 0 Å². The fraction of sp³-hybridized carbons (Fsp3) is 0.500. The Morgan fingerprint density at radius 1 is 1.41 bits per heavy atom. The number of para-hydroxylation sites is 1. The van der Waals surface area contributed by atoms with Gasteiger partial charge in [0.05, 0.1) is 5.92 Å². The van der Waals surface area contributed by atoms with Gasteiger partial charge in [-0.1, -0.05) is 25.1 Å². The summed E-state index contributed by atoms with van der Waals surface area (Å²) in [6.45, 7) is 6.54. The fourth-order valence-electron chi connectivity index (χ4n) is 2.42. The van der Waals surface area contributed by atoms with Crippen LogP contribution in [0, 0.1) is 0 Å². The Morgan fingerprint density at radius 2 is 2.18 bits per heavy atom. The number of amides is 1. The number of carbonyl (C=O) groups excluding carboxylic acids is 1. The molecule has 1 N–H and O–H groups in total. The van der Waals surface area contributed by atoms with E-state index in [9.17, 15) is 4.79 Å². The lowest BCUT2D eigenvalue weighted by Crippen LogP contribution is -2.36. The Bertz CT molecular complexity index is 403. The molecule has 3 heteroatoms. The highest BCUT2D eigenvalue weighted by atomic mass is 16.2. The summed E-state index contributed by atoms with van der Waals surface area (Å²) in [5, 5.41) is 3.30. The third kappa shape index (κ3) is 2.28. The van der Waals surface area contributed by atoms with Crippen molar-refractivity contribution in [2.24, 2.45) is 0 Å². The molecule has 0 saturated carbocycles. The molecule has 0 radical (unpaired) electrons. The Hall–Kier alpha value is -1.51. The number of benzene rings is 1. The van der Waals surface area contributed by atoms with E-state index in [2.05, 4.69) is 18.3 Å². The van der Waals surface area contributed by atoms with E-state index >= 15 is 0 Å². The number of nitrogens with zero attached hydrogens (tertiary/aromatic N) is 1. The first kappa shape index (κ1) is 12.0. The molecule has 1 aromatic rings. The molecule has 1 aromatic carbocycles. The molecule has 1 atom stereocenters. The minimum absolute atomic E-state index is 0.00213. The molecule has 1 amide bonds. The van der Waals surface area contributed by atoms with Crippen LogP contribution in [-0.2, 0) is 4.79 Å². The molecule has 1 aliphatic rings. The van der Waals surface area contributed by atoms with Crippen molar-refractivity contribution in [2.45, 2.75) is 26.2 Å². The standard InChI is InChI=1S/C14H20N2O/c1-3-9-16(4-2)14(17)12-10-15-13-8-6-5-7-11(12)13/h5-8,12,15H,3-4,9-10H2,1-2H3. The summed E-state index contributed by atoms with van der Waals surface area (Å²) in [6.07, 6.45) is 1.02. The van der Waals surface area contributed by atoms with Crippen LogP contribution >= 0.6 is 0 Å². The summed E-state index contributed by atoms with van der Waals surface area (Å²) in [7, 11) is 0. The average molecular weight is 232 g/mol. The van der Waals surface area contributed by atoms with Crippen LogP contribution in [0.15, 0.2) is 24.3 Å².